The molecule has 0 fully saturated rings. The van der Waals surface area contributed by atoms with E-state index in [4.69, 9.17) is 5.73 Å². The fourth-order valence-electron chi connectivity index (χ4n) is 3.33. The predicted octanol–water partition coefficient (Wildman–Crippen LogP) is 4.09. The van der Waals surface area contributed by atoms with Gasteiger partial charge in [0.15, 0.2) is 0 Å². The van der Waals surface area contributed by atoms with Crippen molar-refractivity contribution in [2.45, 2.75) is 25.8 Å². The van der Waals surface area contributed by atoms with Crippen LogP contribution in [0.5, 0.6) is 0 Å². The predicted molar refractivity (Wildman–Crippen MR) is 83.7 cm³/mol. The molecule has 3 aromatic rings. The van der Waals surface area contributed by atoms with Crippen molar-refractivity contribution in [3.63, 3.8) is 0 Å². The zero-order valence-corrected chi connectivity index (χ0v) is 11.6. The average molecular weight is 262 g/mol. The number of H-pyrrole nitrogens is 1. The first-order valence-corrected chi connectivity index (χ1v) is 7.20. The maximum absolute atomic E-state index is 6.26. The van der Waals surface area contributed by atoms with Crippen LogP contribution < -0.4 is 5.73 Å². The van der Waals surface area contributed by atoms with Gasteiger partial charge in [0.1, 0.15) is 0 Å². The van der Waals surface area contributed by atoms with Crippen LogP contribution in [-0.2, 0) is 6.42 Å². The monoisotopic (exact) mass is 262 g/mol. The van der Waals surface area contributed by atoms with Gasteiger partial charge in [-0.3, -0.25) is 0 Å². The second-order valence-electron chi connectivity index (χ2n) is 5.76. The van der Waals surface area contributed by atoms with Crippen LogP contribution in [0.3, 0.4) is 0 Å². The minimum absolute atomic E-state index is 0.174. The molecule has 2 heteroatoms. The lowest BCUT2D eigenvalue weighted by Gasteiger charge is -2.20. The Kier molecular flexibility index (Phi) is 2.48. The molecule has 0 amide bonds. The van der Waals surface area contributed by atoms with Gasteiger partial charge in [-0.1, -0.05) is 42.0 Å². The molecule has 1 aromatic heterocycles. The first kappa shape index (κ1) is 11.7. The molecule has 1 unspecified atom stereocenters. The molecule has 4 rings (SSSR count). The fourth-order valence-corrected chi connectivity index (χ4v) is 3.33. The largest absolute Gasteiger partial charge is 0.354 e. The molecule has 2 aromatic carbocycles. The Labute approximate surface area is 118 Å². The van der Waals surface area contributed by atoms with Gasteiger partial charge in [-0.05, 0) is 42.5 Å². The average Bonchev–Trinajstić information content (AvgIpc) is 2.84. The zero-order valence-electron chi connectivity index (χ0n) is 11.6. The summed E-state index contributed by atoms with van der Waals surface area (Å²) in [7, 11) is 0. The van der Waals surface area contributed by atoms with Crippen molar-refractivity contribution >= 4 is 10.9 Å². The molecule has 20 heavy (non-hydrogen) atoms. The van der Waals surface area contributed by atoms with Gasteiger partial charge in [-0.25, -0.2) is 0 Å². The highest BCUT2D eigenvalue weighted by Gasteiger charge is 2.23. The summed E-state index contributed by atoms with van der Waals surface area (Å²) in [6.45, 7) is 2.12. The van der Waals surface area contributed by atoms with Crippen molar-refractivity contribution in [1.82, 2.24) is 4.98 Å². The number of nitrogens with two attached hydrogens (primary N) is 1. The summed E-state index contributed by atoms with van der Waals surface area (Å²) in [5.74, 6) is 0. The summed E-state index contributed by atoms with van der Waals surface area (Å²) in [5, 5.41) is 1.35. The first-order chi connectivity index (χ1) is 9.74. The zero-order chi connectivity index (χ0) is 13.7. The summed E-state index contributed by atoms with van der Waals surface area (Å²) in [4.78, 5) is 3.60. The molecule has 1 aliphatic carbocycles. The normalized spacial score (nSPS) is 17.6. The molecule has 2 nitrogen and oxygen atoms in total. The van der Waals surface area contributed by atoms with E-state index in [0.29, 0.717) is 0 Å². The topological polar surface area (TPSA) is 41.8 Å². The Morgan fingerprint density at radius 3 is 2.70 bits per heavy atom. The van der Waals surface area contributed by atoms with E-state index in [-0.39, 0.29) is 6.04 Å². The lowest BCUT2D eigenvalue weighted by atomic mass is 9.87. The van der Waals surface area contributed by atoms with E-state index in [2.05, 4.69) is 54.4 Å². The number of hydrogen-bond acceptors (Lipinski definition) is 1. The van der Waals surface area contributed by atoms with Crippen LogP contribution in [0, 0.1) is 6.92 Å². The van der Waals surface area contributed by atoms with Crippen LogP contribution in [0.4, 0.5) is 0 Å². The van der Waals surface area contributed by atoms with Crippen LogP contribution in [0.15, 0.2) is 42.5 Å². The van der Waals surface area contributed by atoms with E-state index in [1.807, 2.05) is 0 Å². The molecule has 0 saturated carbocycles. The minimum atomic E-state index is 0.174. The van der Waals surface area contributed by atoms with Crippen LogP contribution in [0.25, 0.3) is 22.2 Å². The van der Waals surface area contributed by atoms with Crippen LogP contribution in [0.2, 0.25) is 0 Å². The minimum Gasteiger partial charge on any atom is -0.354 e. The van der Waals surface area contributed by atoms with Gasteiger partial charge in [-0.2, -0.15) is 0 Å². The van der Waals surface area contributed by atoms with Crippen LogP contribution >= 0.6 is 0 Å². The quantitative estimate of drug-likeness (QED) is 0.681. The standard InChI is InChI=1S/C18H18N2/c1-11-5-7-12(8-6-11)18-14-9-10-15(19)13-3-2-4-16(20-18)17(13)14/h2-8,15,20H,9-10,19H2,1H3. The highest BCUT2D eigenvalue weighted by Crippen LogP contribution is 2.39. The van der Waals surface area contributed by atoms with Gasteiger partial charge in [-0.15, -0.1) is 0 Å². The van der Waals surface area contributed by atoms with Gasteiger partial charge in [0.25, 0.3) is 0 Å². The molecule has 1 heterocycles. The second kappa shape index (κ2) is 4.22. The van der Waals surface area contributed by atoms with E-state index in [1.165, 1.54) is 38.9 Å². The molecule has 100 valence electrons. The number of rotatable bonds is 1. The Morgan fingerprint density at radius 1 is 1.10 bits per heavy atom. The number of aromatic amines is 1. The molecule has 0 saturated heterocycles. The SMILES string of the molecule is Cc1ccc(-c2[nH]c3cccc4c3c2CCC4N)cc1. The summed E-state index contributed by atoms with van der Waals surface area (Å²) in [6, 6.07) is 15.3. The summed E-state index contributed by atoms with van der Waals surface area (Å²) < 4.78 is 0. The lowest BCUT2D eigenvalue weighted by Crippen LogP contribution is -2.15. The first-order valence-electron chi connectivity index (χ1n) is 7.20. The lowest BCUT2D eigenvalue weighted by molar-refractivity contribution is 0.644. The molecule has 0 radical (unpaired) electrons. The third-order valence-electron chi connectivity index (χ3n) is 4.40. The second-order valence-corrected chi connectivity index (χ2v) is 5.76. The van der Waals surface area contributed by atoms with E-state index in [0.717, 1.165) is 12.8 Å². The Hall–Kier alpha value is -2.06. The van der Waals surface area contributed by atoms with Crippen molar-refractivity contribution in [3.05, 3.63) is 59.2 Å². The van der Waals surface area contributed by atoms with E-state index >= 15 is 0 Å². The number of aryl methyl sites for hydroxylation is 2. The smallest absolute Gasteiger partial charge is 0.0497 e. The molecule has 1 atom stereocenters. The summed E-state index contributed by atoms with van der Waals surface area (Å²) in [5.41, 5.74) is 14.0. The van der Waals surface area contributed by atoms with Crippen LogP contribution in [0.1, 0.15) is 29.2 Å². The number of nitrogens with one attached hydrogen (secondary N) is 1. The molecule has 3 N–H and O–H groups in total. The number of hydrogen-bond donors (Lipinski definition) is 2. The molecule has 0 aliphatic heterocycles. The van der Waals surface area contributed by atoms with E-state index in [9.17, 15) is 0 Å². The van der Waals surface area contributed by atoms with Crippen molar-refractivity contribution in [2.24, 2.45) is 5.73 Å². The van der Waals surface area contributed by atoms with Crippen molar-refractivity contribution in [1.29, 1.82) is 0 Å². The molecule has 0 spiro atoms. The van der Waals surface area contributed by atoms with Gasteiger partial charge in [0.2, 0.25) is 0 Å². The number of benzene rings is 2. The van der Waals surface area contributed by atoms with E-state index < -0.39 is 0 Å². The number of aromatic nitrogens is 1. The molecular formula is C18H18N2. The van der Waals surface area contributed by atoms with Gasteiger partial charge >= 0.3 is 0 Å². The Balaban J connectivity index is 2.01. The van der Waals surface area contributed by atoms with Crippen molar-refractivity contribution in [3.8, 4) is 11.3 Å². The third kappa shape index (κ3) is 1.61. The summed E-state index contributed by atoms with van der Waals surface area (Å²) >= 11 is 0. The van der Waals surface area contributed by atoms with Gasteiger partial charge in [0, 0.05) is 22.6 Å². The van der Waals surface area contributed by atoms with E-state index in [1.54, 1.807) is 0 Å². The molecule has 1 aliphatic rings. The highest BCUT2D eigenvalue weighted by atomic mass is 14.7. The fraction of sp³-hybridized carbons (Fsp3) is 0.222. The molecule has 0 bridgehead atoms. The van der Waals surface area contributed by atoms with Crippen molar-refractivity contribution < 1.29 is 0 Å². The van der Waals surface area contributed by atoms with Gasteiger partial charge in [0.05, 0.1) is 0 Å². The van der Waals surface area contributed by atoms with Gasteiger partial charge < -0.3 is 10.7 Å². The maximum atomic E-state index is 6.26. The van der Waals surface area contributed by atoms with Crippen molar-refractivity contribution in [2.75, 3.05) is 0 Å². The maximum Gasteiger partial charge on any atom is 0.0497 e. The Morgan fingerprint density at radius 2 is 1.90 bits per heavy atom. The summed E-state index contributed by atoms with van der Waals surface area (Å²) in [6.07, 6.45) is 2.09. The Bertz CT molecular complexity index is 781. The third-order valence-corrected chi connectivity index (χ3v) is 4.40. The molecular weight excluding hydrogens is 244 g/mol. The van der Waals surface area contributed by atoms with Crippen LogP contribution in [-0.4, -0.2) is 4.98 Å². The highest BCUT2D eigenvalue weighted by molar-refractivity contribution is 5.94.